The van der Waals surface area contributed by atoms with Gasteiger partial charge in [-0.15, -0.1) is 0 Å². The Morgan fingerprint density at radius 2 is 1.65 bits per heavy atom. The fraction of sp³-hybridized carbons (Fsp3) is 0.475. The van der Waals surface area contributed by atoms with Gasteiger partial charge in [-0.1, -0.05) is 82.2 Å². The number of aromatic nitrogens is 2. The van der Waals surface area contributed by atoms with Gasteiger partial charge in [-0.25, -0.2) is 0 Å². The van der Waals surface area contributed by atoms with E-state index in [-0.39, 0.29) is 5.78 Å². The Kier molecular flexibility index (Phi) is 14.1. The van der Waals surface area contributed by atoms with Crippen LogP contribution in [0.2, 0.25) is 0 Å². The molecule has 4 rings (SSSR count). The van der Waals surface area contributed by atoms with Crippen molar-refractivity contribution in [3.8, 4) is 0 Å². The summed E-state index contributed by atoms with van der Waals surface area (Å²) in [5, 5.41) is 0. The molecule has 0 radical (unpaired) electrons. The van der Waals surface area contributed by atoms with Gasteiger partial charge in [-0.2, -0.15) is 0 Å². The Labute approximate surface area is 262 Å². The normalized spacial score (nSPS) is 16.2. The van der Waals surface area contributed by atoms with Gasteiger partial charge in [0.05, 0.1) is 0 Å². The summed E-state index contributed by atoms with van der Waals surface area (Å²) >= 11 is 0. The molecular formula is C40H54N2O. The molecule has 0 aliphatic heterocycles. The summed E-state index contributed by atoms with van der Waals surface area (Å²) in [5.41, 5.74) is 9.82. The minimum absolute atomic E-state index is 0.267. The van der Waals surface area contributed by atoms with Crippen LogP contribution in [0.15, 0.2) is 73.3 Å². The van der Waals surface area contributed by atoms with Gasteiger partial charge in [-0.3, -0.25) is 14.8 Å². The first-order chi connectivity index (χ1) is 20.9. The van der Waals surface area contributed by atoms with Crippen LogP contribution in [-0.4, -0.2) is 15.8 Å². The molecule has 0 amide bonds. The standard InChI is InChI=1S/C38H48N2O.C2H6/c1-6-31-15-17-34(18-16-31)36(23-35-26-39-22-21-28(35)3)33-13-10-12-32(19-20-33)27(2)11-8-7-9-14-37(41)38-29(4)24-40-25-30(38)5;1-2/h6,12,15-18,21-22,24-27,33,36H,1,7-11,13-14,19-20,23H2,2-5H3;1-2H3/t27-,33?,36?;/m1./s1. The summed E-state index contributed by atoms with van der Waals surface area (Å²) in [6.45, 7) is 16.5. The highest BCUT2D eigenvalue weighted by molar-refractivity contribution is 5.98. The van der Waals surface area contributed by atoms with Crippen LogP contribution in [0.5, 0.6) is 0 Å². The van der Waals surface area contributed by atoms with Crippen molar-refractivity contribution in [3.05, 3.63) is 112 Å². The van der Waals surface area contributed by atoms with E-state index in [1.807, 2.05) is 40.0 Å². The van der Waals surface area contributed by atoms with Crippen LogP contribution in [0.4, 0.5) is 0 Å². The number of carbonyl (C=O) groups is 1. The zero-order valence-electron chi connectivity index (χ0n) is 27.7. The topological polar surface area (TPSA) is 42.9 Å². The first kappa shape index (κ1) is 34.2. The number of benzene rings is 1. The predicted octanol–water partition coefficient (Wildman–Crippen LogP) is 11.0. The first-order valence-electron chi connectivity index (χ1n) is 16.6. The van der Waals surface area contributed by atoms with Gasteiger partial charge in [0.25, 0.3) is 0 Å². The zero-order chi connectivity index (χ0) is 31.2. The van der Waals surface area contributed by atoms with Crippen molar-refractivity contribution in [2.75, 3.05) is 0 Å². The Balaban J connectivity index is 0.00000248. The number of Topliss-reactive ketones (excluding diaryl/α,β-unsaturated/α-hetero) is 1. The van der Waals surface area contributed by atoms with E-state index in [4.69, 9.17) is 0 Å². The third-order valence-corrected chi connectivity index (χ3v) is 9.28. The highest BCUT2D eigenvalue weighted by Gasteiger charge is 2.26. The summed E-state index contributed by atoms with van der Waals surface area (Å²) in [6.07, 6.45) is 23.0. The van der Waals surface area contributed by atoms with Gasteiger partial charge in [0, 0.05) is 36.8 Å². The molecule has 2 aromatic heterocycles. The van der Waals surface area contributed by atoms with Crippen LogP contribution in [0.3, 0.4) is 0 Å². The molecule has 3 heteroatoms. The van der Waals surface area contributed by atoms with E-state index in [2.05, 4.69) is 73.0 Å². The number of ketones is 1. The number of hydrogen-bond donors (Lipinski definition) is 0. The van der Waals surface area contributed by atoms with E-state index < -0.39 is 0 Å². The van der Waals surface area contributed by atoms with Crippen LogP contribution in [0.1, 0.15) is 128 Å². The van der Waals surface area contributed by atoms with E-state index in [1.165, 1.54) is 54.4 Å². The summed E-state index contributed by atoms with van der Waals surface area (Å²) < 4.78 is 0. The summed E-state index contributed by atoms with van der Waals surface area (Å²) in [7, 11) is 0. The number of hydrogen-bond acceptors (Lipinski definition) is 3. The maximum Gasteiger partial charge on any atom is 0.163 e. The summed E-state index contributed by atoms with van der Waals surface area (Å²) in [5.74, 6) is 2.02. The molecule has 1 aliphatic carbocycles. The van der Waals surface area contributed by atoms with Gasteiger partial charge in [0.15, 0.2) is 5.78 Å². The predicted molar refractivity (Wildman–Crippen MR) is 184 cm³/mol. The van der Waals surface area contributed by atoms with Gasteiger partial charge in [0.2, 0.25) is 0 Å². The van der Waals surface area contributed by atoms with Gasteiger partial charge >= 0.3 is 0 Å². The Bertz CT molecular complexity index is 1320. The quantitative estimate of drug-likeness (QED) is 0.115. The highest BCUT2D eigenvalue weighted by Crippen LogP contribution is 2.39. The lowest BCUT2D eigenvalue weighted by Crippen LogP contribution is -2.16. The van der Waals surface area contributed by atoms with Crippen LogP contribution in [0, 0.1) is 32.6 Å². The number of aryl methyl sites for hydroxylation is 3. The third kappa shape index (κ3) is 9.85. The van der Waals surface area contributed by atoms with Gasteiger partial charge in [0.1, 0.15) is 0 Å². The molecule has 3 nitrogen and oxygen atoms in total. The number of unbranched alkanes of at least 4 members (excludes halogenated alkanes) is 2. The fourth-order valence-electron chi connectivity index (χ4n) is 6.68. The first-order valence-corrected chi connectivity index (χ1v) is 16.6. The molecule has 0 bridgehead atoms. The van der Waals surface area contributed by atoms with Crippen LogP contribution < -0.4 is 0 Å². The SMILES string of the molecule is C=Cc1ccc(C(Cc2cnccc2C)C2CCC=C([C@H](C)CCCCCC(=O)c3c(C)cncc3C)CC2)cc1.CC. The minimum atomic E-state index is 0.267. The van der Waals surface area contributed by atoms with Crippen molar-refractivity contribution in [1.82, 2.24) is 9.97 Å². The van der Waals surface area contributed by atoms with Crippen molar-refractivity contribution in [1.29, 1.82) is 0 Å². The third-order valence-electron chi connectivity index (χ3n) is 9.28. The van der Waals surface area contributed by atoms with Gasteiger partial charge < -0.3 is 0 Å². The van der Waals surface area contributed by atoms with Gasteiger partial charge in [-0.05, 0) is 123 Å². The molecule has 3 atom stereocenters. The Hall–Kier alpha value is -3.33. The van der Waals surface area contributed by atoms with E-state index in [0.29, 0.717) is 24.2 Å². The molecular weight excluding hydrogens is 524 g/mol. The lowest BCUT2D eigenvalue weighted by atomic mass is 9.77. The maximum atomic E-state index is 12.8. The van der Waals surface area contributed by atoms with E-state index in [1.54, 1.807) is 18.0 Å². The second-order valence-corrected chi connectivity index (χ2v) is 12.2. The average Bonchev–Trinajstić information content (AvgIpc) is 3.28. The van der Waals surface area contributed by atoms with E-state index in [9.17, 15) is 4.79 Å². The molecule has 0 fully saturated rings. The van der Waals surface area contributed by atoms with E-state index in [0.717, 1.165) is 42.4 Å². The van der Waals surface area contributed by atoms with Crippen LogP contribution in [-0.2, 0) is 6.42 Å². The zero-order valence-corrected chi connectivity index (χ0v) is 27.7. The molecule has 1 aliphatic rings. The molecule has 43 heavy (non-hydrogen) atoms. The maximum absolute atomic E-state index is 12.8. The summed E-state index contributed by atoms with van der Waals surface area (Å²) in [4.78, 5) is 21.4. The largest absolute Gasteiger partial charge is 0.294 e. The Morgan fingerprint density at radius 1 is 0.930 bits per heavy atom. The van der Waals surface area contributed by atoms with E-state index >= 15 is 0 Å². The number of nitrogens with zero attached hydrogens (tertiary/aromatic N) is 2. The lowest BCUT2D eigenvalue weighted by Gasteiger charge is -2.28. The lowest BCUT2D eigenvalue weighted by molar-refractivity contribution is 0.0977. The number of carbonyl (C=O) groups excluding carboxylic acids is 1. The van der Waals surface area contributed by atoms with Crippen LogP contribution in [0.25, 0.3) is 6.08 Å². The monoisotopic (exact) mass is 578 g/mol. The molecule has 0 spiro atoms. The van der Waals surface area contributed by atoms with Crippen molar-refractivity contribution in [2.24, 2.45) is 11.8 Å². The molecule has 2 heterocycles. The van der Waals surface area contributed by atoms with Crippen molar-refractivity contribution >= 4 is 11.9 Å². The average molecular weight is 579 g/mol. The second-order valence-electron chi connectivity index (χ2n) is 12.2. The molecule has 0 saturated heterocycles. The van der Waals surface area contributed by atoms with Crippen molar-refractivity contribution < 1.29 is 4.79 Å². The molecule has 0 N–H and O–H groups in total. The smallest absolute Gasteiger partial charge is 0.163 e. The minimum Gasteiger partial charge on any atom is -0.294 e. The molecule has 1 aromatic carbocycles. The van der Waals surface area contributed by atoms with Crippen molar-refractivity contribution in [2.45, 2.75) is 112 Å². The molecule has 0 saturated carbocycles. The molecule has 3 aromatic rings. The number of rotatable bonds is 13. The highest BCUT2D eigenvalue weighted by atomic mass is 16.1. The fourth-order valence-corrected chi connectivity index (χ4v) is 6.68. The molecule has 2 unspecified atom stereocenters. The van der Waals surface area contributed by atoms with Crippen molar-refractivity contribution in [3.63, 3.8) is 0 Å². The number of allylic oxidation sites excluding steroid dienone is 2. The summed E-state index contributed by atoms with van der Waals surface area (Å²) in [6, 6.07) is 11.2. The van der Waals surface area contributed by atoms with Crippen LogP contribution >= 0.6 is 0 Å². The Morgan fingerprint density at radius 3 is 2.33 bits per heavy atom. The second kappa shape index (κ2) is 17.7. The number of pyridine rings is 2. The molecule has 230 valence electrons.